The fourth-order valence-corrected chi connectivity index (χ4v) is 2.47. The van der Waals surface area contributed by atoms with Crippen LogP contribution in [0, 0.1) is 5.82 Å². The zero-order chi connectivity index (χ0) is 15.2. The summed E-state index contributed by atoms with van der Waals surface area (Å²) in [6, 6.07) is 12.9. The summed E-state index contributed by atoms with van der Waals surface area (Å²) < 4.78 is 13.0. The Morgan fingerprint density at radius 3 is 2.62 bits per heavy atom. The molecule has 2 aromatic carbocycles. The number of carbonyl (C=O) groups excluding carboxylic acids is 2. The van der Waals surface area contributed by atoms with Crippen LogP contribution >= 0.6 is 11.8 Å². The highest BCUT2D eigenvalue weighted by Crippen LogP contribution is 2.20. The molecule has 2 rings (SSSR count). The van der Waals surface area contributed by atoms with E-state index in [1.165, 1.54) is 36.9 Å². The number of hydrogen-bond acceptors (Lipinski definition) is 3. The summed E-state index contributed by atoms with van der Waals surface area (Å²) in [5.41, 5.74) is 1.05. The molecule has 0 aromatic heterocycles. The van der Waals surface area contributed by atoms with Gasteiger partial charge in [-0.3, -0.25) is 9.59 Å². The van der Waals surface area contributed by atoms with Crippen LogP contribution in [0.25, 0.3) is 0 Å². The van der Waals surface area contributed by atoms with Gasteiger partial charge in [-0.15, -0.1) is 11.8 Å². The van der Waals surface area contributed by atoms with Crippen molar-refractivity contribution < 1.29 is 14.0 Å². The first-order valence-electron chi connectivity index (χ1n) is 6.34. The minimum absolute atomic E-state index is 0.0123. The lowest BCUT2D eigenvalue weighted by Crippen LogP contribution is -2.14. The minimum Gasteiger partial charge on any atom is -0.325 e. The molecule has 0 saturated carbocycles. The van der Waals surface area contributed by atoms with Gasteiger partial charge < -0.3 is 5.32 Å². The van der Waals surface area contributed by atoms with Crippen molar-refractivity contribution in [2.75, 3.05) is 11.1 Å². The molecular weight excluding hydrogens is 289 g/mol. The van der Waals surface area contributed by atoms with Crippen molar-refractivity contribution in [3.05, 3.63) is 59.9 Å². The number of rotatable bonds is 5. The number of halogens is 1. The Kier molecular flexibility index (Phi) is 5.11. The Bertz CT molecular complexity index is 673. The molecule has 0 saturated heterocycles. The van der Waals surface area contributed by atoms with E-state index in [4.69, 9.17) is 0 Å². The second-order valence-corrected chi connectivity index (χ2v) is 5.48. The van der Waals surface area contributed by atoms with Crippen molar-refractivity contribution in [3.63, 3.8) is 0 Å². The Labute approximate surface area is 126 Å². The first kappa shape index (κ1) is 15.3. The van der Waals surface area contributed by atoms with E-state index in [9.17, 15) is 14.0 Å². The van der Waals surface area contributed by atoms with Crippen LogP contribution in [0.3, 0.4) is 0 Å². The summed E-state index contributed by atoms with van der Waals surface area (Å²) in [7, 11) is 0. The van der Waals surface area contributed by atoms with Crippen molar-refractivity contribution >= 4 is 29.1 Å². The van der Waals surface area contributed by atoms with E-state index < -0.39 is 5.82 Å². The summed E-state index contributed by atoms with van der Waals surface area (Å²) in [6.45, 7) is 1.50. The standard InChI is InChI=1S/C16H14FNO2S/c1-11(19)12-4-2-7-15(8-12)21-10-16(20)18-14-6-3-5-13(17)9-14/h2-9H,10H2,1H3,(H,18,20). The Hall–Kier alpha value is -2.14. The molecule has 0 bridgehead atoms. The number of benzene rings is 2. The smallest absolute Gasteiger partial charge is 0.234 e. The predicted molar refractivity (Wildman–Crippen MR) is 82.2 cm³/mol. The number of amides is 1. The molecule has 5 heteroatoms. The number of anilines is 1. The van der Waals surface area contributed by atoms with Gasteiger partial charge in [-0.05, 0) is 37.3 Å². The Morgan fingerprint density at radius 1 is 1.14 bits per heavy atom. The van der Waals surface area contributed by atoms with Crippen LogP contribution in [0.15, 0.2) is 53.4 Å². The molecule has 0 fully saturated rings. The maximum Gasteiger partial charge on any atom is 0.234 e. The summed E-state index contributed by atoms with van der Waals surface area (Å²) >= 11 is 1.33. The number of Topliss-reactive ketones (excluding diaryl/α,β-unsaturated/α-hetero) is 1. The van der Waals surface area contributed by atoms with E-state index in [1.54, 1.807) is 24.3 Å². The molecule has 0 atom stereocenters. The normalized spacial score (nSPS) is 10.2. The number of carbonyl (C=O) groups is 2. The molecule has 0 aliphatic carbocycles. The van der Waals surface area contributed by atoms with Gasteiger partial charge in [0.2, 0.25) is 5.91 Å². The first-order valence-corrected chi connectivity index (χ1v) is 7.32. The first-order chi connectivity index (χ1) is 10.0. The lowest BCUT2D eigenvalue weighted by Gasteiger charge is -2.06. The van der Waals surface area contributed by atoms with Gasteiger partial charge in [0.05, 0.1) is 5.75 Å². The minimum atomic E-state index is -0.394. The summed E-state index contributed by atoms with van der Waals surface area (Å²) in [6.07, 6.45) is 0. The highest BCUT2D eigenvalue weighted by molar-refractivity contribution is 8.00. The molecule has 0 radical (unpaired) electrons. The van der Waals surface area contributed by atoms with Crippen LogP contribution in [0.5, 0.6) is 0 Å². The van der Waals surface area contributed by atoms with E-state index in [-0.39, 0.29) is 17.4 Å². The molecule has 0 unspecified atom stereocenters. The van der Waals surface area contributed by atoms with Crippen LogP contribution in [0.2, 0.25) is 0 Å². The summed E-state index contributed by atoms with van der Waals surface area (Å²) in [4.78, 5) is 23.9. The lowest BCUT2D eigenvalue weighted by atomic mass is 10.2. The third-order valence-corrected chi connectivity index (χ3v) is 3.71. The molecule has 21 heavy (non-hydrogen) atoms. The zero-order valence-electron chi connectivity index (χ0n) is 11.4. The lowest BCUT2D eigenvalue weighted by molar-refractivity contribution is -0.113. The average Bonchev–Trinajstić information content (AvgIpc) is 2.45. The maximum absolute atomic E-state index is 13.0. The molecule has 1 N–H and O–H groups in total. The highest BCUT2D eigenvalue weighted by Gasteiger charge is 2.06. The van der Waals surface area contributed by atoms with Gasteiger partial charge in [0.25, 0.3) is 0 Å². The van der Waals surface area contributed by atoms with Crippen molar-refractivity contribution in [1.29, 1.82) is 0 Å². The Balaban J connectivity index is 1.92. The largest absolute Gasteiger partial charge is 0.325 e. The van der Waals surface area contributed by atoms with Crippen molar-refractivity contribution in [1.82, 2.24) is 0 Å². The number of hydrogen-bond donors (Lipinski definition) is 1. The van der Waals surface area contributed by atoms with Gasteiger partial charge in [0.1, 0.15) is 5.82 Å². The van der Waals surface area contributed by atoms with Crippen molar-refractivity contribution in [3.8, 4) is 0 Å². The second-order valence-electron chi connectivity index (χ2n) is 4.43. The fourth-order valence-electron chi connectivity index (χ4n) is 1.72. The predicted octanol–water partition coefficient (Wildman–Crippen LogP) is 3.76. The van der Waals surface area contributed by atoms with E-state index in [1.807, 2.05) is 6.07 Å². The van der Waals surface area contributed by atoms with Crippen LogP contribution in [-0.4, -0.2) is 17.4 Å². The molecule has 108 valence electrons. The molecule has 0 aliphatic heterocycles. The van der Waals surface area contributed by atoms with Gasteiger partial charge in [-0.2, -0.15) is 0 Å². The second kappa shape index (κ2) is 7.04. The maximum atomic E-state index is 13.0. The number of ketones is 1. The number of thioether (sulfide) groups is 1. The summed E-state index contributed by atoms with van der Waals surface area (Å²) in [5, 5.41) is 2.62. The van der Waals surface area contributed by atoms with Crippen LogP contribution in [0.1, 0.15) is 17.3 Å². The molecule has 0 heterocycles. The highest BCUT2D eigenvalue weighted by atomic mass is 32.2. The third-order valence-electron chi connectivity index (χ3n) is 2.72. The Morgan fingerprint density at radius 2 is 1.90 bits per heavy atom. The summed E-state index contributed by atoms with van der Waals surface area (Å²) in [5.74, 6) is -0.437. The van der Waals surface area contributed by atoms with Gasteiger partial charge in [-0.25, -0.2) is 4.39 Å². The van der Waals surface area contributed by atoms with E-state index in [0.29, 0.717) is 11.3 Å². The fraction of sp³-hybridized carbons (Fsp3) is 0.125. The van der Waals surface area contributed by atoms with Gasteiger partial charge >= 0.3 is 0 Å². The van der Waals surface area contributed by atoms with Gasteiger partial charge in [0, 0.05) is 16.1 Å². The van der Waals surface area contributed by atoms with Gasteiger partial charge in [0.15, 0.2) is 5.78 Å². The third kappa shape index (κ3) is 4.72. The van der Waals surface area contributed by atoms with E-state index >= 15 is 0 Å². The zero-order valence-corrected chi connectivity index (χ0v) is 12.2. The van der Waals surface area contributed by atoms with E-state index in [2.05, 4.69) is 5.32 Å². The molecule has 0 spiro atoms. The monoisotopic (exact) mass is 303 g/mol. The topological polar surface area (TPSA) is 46.2 Å². The average molecular weight is 303 g/mol. The SMILES string of the molecule is CC(=O)c1cccc(SCC(=O)Nc2cccc(F)c2)c1. The molecule has 0 aliphatic rings. The quantitative estimate of drug-likeness (QED) is 0.676. The van der Waals surface area contributed by atoms with Crippen LogP contribution in [-0.2, 0) is 4.79 Å². The van der Waals surface area contributed by atoms with Gasteiger partial charge in [-0.1, -0.05) is 18.2 Å². The molecular formula is C16H14FNO2S. The van der Waals surface area contributed by atoms with E-state index in [0.717, 1.165) is 4.90 Å². The number of nitrogens with one attached hydrogen (secondary N) is 1. The molecule has 1 amide bonds. The van der Waals surface area contributed by atoms with Crippen molar-refractivity contribution in [2.45, 2.75) is 11.8 Å². The van der Waals surface area contributed by atoms with Crippen LogP contribution in [0.4, 0.5) is 10.1 Å². The van der Waals surface area contributed by atoms with Crippen LogP contribution < -0.4 is 5.32 Å². The molecule has 2 aromatic rings. The van der Waals surface area contributed by atoms with Crippen molar-refractivity contribution in [2.24, 2.45) is 0 Å². The molecule has 3 nitrogen and oxygen atoms in total.